The van der Waals surface area contributed by atoms with E-state index in [0.29, 0.717) is 23.2 Å². The maximum absolute atomic E-state index is 12.4. The zero-order valence-electron chi connectivity index (χ0n) is 14.5. The van der Waals surface area contributed by atoms with Crippen molar-refractivity contribution in [1.29, 1.82) is 0 Å². The summed E-state index contributed by atoms with van der Waals surface area (Å²) < 4.78 is 34.3. The molecule has 10 heteroatoms. The molecule has 0 fully saturated rings. The molecule has 2 N–H and O–H groups in total. The molecule has 1 aromatic carbocycles. The second kappa shape index (κ2) is 8.38. The first-order chi connectivity index (χ1) is 13.0. The van der Waals surface area contributed by atoms with E-state index in [0.717, 1.165) is 0 Å². The van der Waals surface area contributed by atoms with E-state index in [1.54, 1.807) is 12.1 Å². The molecular weight excluding hydrogens is 390 g/mol. The van der Waals surface area contributed by atoms with Crippen molar-refractivity contribution in [2.75, 3.05) is 25.5 Å². The largest absolute Gasteiger partial charge is 0.495 e. The summed E-state index contributed by atoms with van der Waals surface area (Å²) in [6, 6.07) is 11.8. The van der Waals surface area contributed by atoms with Crippen LogP contribution in [0.1, 0.15) is 0 Å². The first-order valence-corrected chi connectivity index (χ1v) is 9.90. The Morgan fingerprint density at radius 1 is 1.11 bits per heavy atom. The van der Waals surface area contributed by atoms with Crippen LogP contribution in [0.5, 0.6) is 5.75 Å². The fraction of sp³-hybridized carbons (Fsp3) is 0.176. The highest BCUT2D eigenvalue weighted by Gasteiger charge is 2.19. The lowest BCUT2D eigenvalue weighted by Crippen LogP contribution is -2.29. The van der Waals surface area contributed by atoms with Crippen molar-refractivity contribution in [2.45, 2.75) is 4.90 Å². The third-order valence-electron chi connectivity index (χ3n) is 3.66. The summed E-state index contributed by atoms with van der Waals surface area (Å²) in [6.07, 6.45) is 3.74. The number of halogens is 1. The summed E-state index contributed by atoms with van der Waals surface area (Å²) in [5.74, 6) is 1.47. The van der Waals surface area contributed by atoms with Gasteiger partial charge in [-0.1, -0.05) is 11.6 Å². The van der Waals surface area contributed by atoms with Crippen LogP contribution >= 0.6 is 11.6 Å². The van der Waals surface area contributed by atoms with Crippen molar-refractivity contribution in [3.63, 3.8) is 0 Å². The fourth-order valence-corrected chi connectivity index (χ4v) is 3.82. The van der Waals surface area contributed by atoms with Crippen molar-refractivity contribution >= 4 is 27.4 Å². The molecule has 0 aliphatic rings. The van der Waals surface area contributed by atoms with Crippen molar-refractivity contribution in [3.8, 4) is 11.6 Å². The van der Waals surface area contributed by atoms with Gasteiger partial charge in [-0.15, -0.1) is 10.2 Å². The van der Waals surface area contributed by atoms with Gasteiger partial charge in [-0.05, 0) is 42.5 Å². The number of hydrogen-bond donors (Lipinski definition) is 2. The lowest BCUT2D eigenvalue weighted by atomic mass is 10.3. The van der Waals surface area contributed by atoms with Gasteiger partial charge in [0.1, 0.15) is 16.5 Å². The van der Waals surface area contributed by atoms with E-state index in [1.807, 2.05) is 35.2 Å². The Kier molecular flexibility index (Phi) is 5.94. The van der Waals surface area contributed by atoms with E-state index in [1.165, 1.54) is 19.2 Å². The predicted octanol–water partition coefficient (Wildman–Crippen LogP) is 2.32. The fourth-order valence-electron chi connectivity index (χ4n) is 2.36. The maximum atomic E-state index is 12.4. The zero-order valence-corrected chi connectivity index (χ0v) is 16.0. The van der Waals surface area contributed by atoms with Gasteiger partial charge in [0.25, 0.3) is 0 Å². The van der Waals surface area contributed by atoms with Crippen molar-refractivity contribution in [3.05, 3.63) is 59.9 Å². The Bertz CT molecular complexity index is 992. The molecular formula is C17H18ClN5O3S. The van der Waals surface area contributed by atoms with Gasteiger partial charge in [-0.25, -0.2) is 13.1 Å². The van der Waals surface area contributed by atoms with Gasteiger partial charge in [0.15, 0.2) is 5.82 Å². The van der Waals surface area contributed by atoms with Crippen LogP contribution in [0.4, 0.5) is 5.82 Å². The molecule has 0 aliphatic carbocycles. The monoisotopic (exact) mass is 407 g/mol. The average molecular weight is 408 g/mol. The van der Waals surface area contributed by atoms with Crippen molar-refractivity contribution in [2.24, 2.45) is 0 Å². The smallest absolute Gasteiger partial charge is 0.244 e. The van der Waals surface area contributed by atoms with Crippen LogP contribution in [0.2, 0.25) is 5.02 Å². The van der Waals surface area contributed by atoms with E-state index in [2.05, 4.69) is 20.2 Å². The molecule has 0 saturated heterocycles. The third kappa shape index (κ3) is 4.76. The number of benzene rings is 1. The molecule has 3 aromatic rings. The summed E-state index contributed by atoms with van der Waals surface area (Å²) in [5.41, 5.74) is 0. The van der Waals surface area contributed by atoms with E-state index in [9.17, 15) is 8.42 Å². The van der Waals surface area contributed by atoms with E-state index < -0.39 is 10.0 Å². The summed E-state index contributed by atoms with van der Waals surface area (Å²) >= 11 is 5.89. The number of nitrogens with zero attached hydrogens (tertiary/aromatic N) is 3. The van der Waals surface area contributed by atoms with E-state index in [-0.39, 0.29) is 17.2 Å². The number of methoxy groups -OCH3 is 1. The molecule has 0 atom stereocenters. The number of anilines is 1. The van der Waals surface area contributed by atoms with E-state index in [4.69, 9.17) is 16.3 Å². The minimum absolute atomic E-state index is 0.00614. The number of nitrogens with one attached hydrogen (secondary N) is 2. The third-order valence-corrected chi connectivity index (χ3v) is 5.38. The molecule has 2 heterocycles. The van der Waals surface area contributed by atoms with Crippen LogP contribution in [-0.4, -0.2) is 43.4 Å². The number of hydrogen-bond acceptors (Lipinski definition) is 6. The van der Waals surface area contributed by atoms with Gasteiger partial charge in [-0.3, -0.25) is 0 Å². The van der Waals surface area contributed by atoms with Gasteiger partial charge < -0.3 is 14.6 Å². The van der Waals surface area contributed by atoms with Crippen molar-refractivity contribution in [1.82, 2.24) is 19.5 Å². The molecule has 0 unspecified atom stereocenters. The molecule has 27 heavy (non-hydrogen) atoms. The lowest BCUT2D eigenvalue weighted by Gasteiger charge is -2.11. The van der Waals surface area contributed by atoms with Crippen molar-refractivity contribution < 1.29 is 13.2 Å². The summed E-state index contributed by atoms with van der Waals surface area (Å²) in [4.78, 5) is -0.00614. The molecule has 0 spiro atoms. The first kappa shape index (κ1) is 19.2. The Balaban J connectivity index is 1.56. The normalized spacial score (nSPS) is 11.3. The minimum atomic E-state index is -3.76. The quantitative estimate of drug-likeness (QED) is 0.556. The lowest BCUT2D eigenvalue weighted by molar-refractivity contribution is 0.402. The van der Waals surface area contributed by atoms with Gasteiger partial charge >= 0.3 is 0 Å². The Morgan fingerprint density at radius 2 is 1.89 bits per heavy atom. The summed E-state index contributed by atoms with van der Waals surface area (Å²) in [5, 5.41) is 11.5. The van der Waals surface area contributed by atoms with Crippen LogP contribution in [-0.2, 0) is 10.0 Å². The van der Waals surface area contributed by atoms with Crippen LogP contribution in [0.3, 0.4) is 0 Å². The van der Waals surface area contributed by atoms with Crippen LogP contribution < -0.4 is 14.8 Å². The topological polar surface area (TPSA) is 98.1 Å². The van der Waals surface area contributed by atoms with Crippen LogP contribution in [0.15, 0.2) is 59.8 Å². The molecule has 8 nitrogen and oxygen atoms in total. The Labute approximate surface area is 162 Å². The Morgan fingerprint density at radius 3 is 2.56 bits per heavy atom. The molecule has 142 valence electrons. The highest BCUT2D eigenvalue weighted by molar-refractivity contribution is 7.89. The van der Waals surface area contributed by atoms with Gasteiger partial charge in [0, 0.05) is 30.5 Å². The SMILES string of the molecule is COc1ccc(Cl)cc1S(=O)(=O)NCCNc1ccc(-n2cccc2)nn1. The van der Waals surface area contributed by atoms with Gasteiger partial charge in [-0.2, -0.15) is 0 Å². The second-order valence-electron chi connectivity index (χ2n) is 5.49. The summed E-state index contributed by atoms with van der Waals surface area (Å²) in [7, 11) is -2.35. The summed E-state index contributed by atoms with van der Waals surface area (Å²) in [6.45, 7) is 0.485. The minimum Gasteiger partial charge on any atom is -0.495 e. The highest BCUT2D eigenvalue weighted by Crippen LogP contribution is 2.26. The number of ether oxygens (including phenoxy) is 1. The average Bonchev–Trinajstić information content (AvgIpc) is 3.20. The molecule has 0 amide bonds. The predicted molar refractivity (Wildman–Crippen MR) is 103 cm³/mol. The standard InChI is InChI=1S/C17H18ClN5O3S/c1-26-14-5-4-13(18)12-15(14)27(24,25)20-9-8-19-16-6-7-17(22-21-16)23-10-2-3-11-23/h2-7,10-12,20H,8-9H2,1H3,(H,19,21). The molecule has 3 rings (SSSR count). The van der Waals surface area contributed by atoms with Gasteiger partial charge in [0.2, 0.25) is 10.0 Å². The van der Waals surface area contributed by atoms with Crippen LogP contribution in [0, 0.1) is 0 Å². The molecule has 0 saturated carbocycles. The number of aromatic nitrogens is 3. The molecule has 0 bridgehead atoms. The maximum Gasteiger partial charge on any atom is 0.244 e. The van der Waals surface area contributed by atoms with Gasteiger partial charge in [0.05, 0.1) is 7.11 Å². The highest BCUT2D eigenvalue weighted by atomic mass is 35.5. The van der Waals surface area contributed by atoms with Crippen LogP contribution in [0.25, 0.3) is 5.82 Å². The second-order valence-corrected chi connectivity index (χ2v) is 7.66. The molecule has 0 aliphatic heterocycles. The number of rotatable bonds is 8. The molecule has 2 aromatic heterocycles. The molecule has 0 radical (unpaired) electrons. The first-order valence-electron chi connectivity index (χ1n) is 8.04. The van der Waals surface area contributed by atoms with E-state index >= 15 is 0 Å². The number of sulfonamides is 1. The Hall–Kier alpha value is -2.62. The zero-order chi connectivity index (χ0) is 19.3.